The van der Waals surface area contributed by atoms with Crippen molar-refractivity contribution in [3.63, 3.8) is 0 Å². The summed E-state index contributed by atoms with van der Waals surface area (Å²) in [5.41, 5.74) is -5.72. The summed E-state index contributed by atoms with van der Waals surface area (Å²) in [5.74, 6) is -12.3. The maximum Gasteiger partial charge on any atom is 0.333 e. The van der Waals surface area contributed by atoms with Crippen LogP contribution < -0.4 is 0 Å². The van der Waals surface area contributed by atoms with Crippen molar-refractivity contribution < 1.29 is 49.5 Å². The molecule has 1 rings (SSSR count). The van der Waals surface area contributed by atoms with Crippen LogP contribution in [0.15, 0.2) is 11.1 Å². The molecular weight excluding hydrogens is 292 g/mol. The zero-order chi connectivity index (χ0) is 16.5. The number of rotatable bonds is 5. The summed E-state index contributed by atoms with van der Waals surface area (Å²) in [5, 5.41) is 45.3. The third-order valence-electron chi connectivity index (χ3n) is 3.35. The van der Waals surface area contributed by atoms with E-state index in [-0.39, 0.29) is 0 Å². The van der Waals surface area contributed by atoms with Gasteiger partial charge in [-0.1, -0.05) is 0 Å². The van der Waals surface area contributed by atoms with Crippen LogP contribution in [0.5, 0.6) is 0 Å². The summed E-state index contributed by atoms with van der Waals surface area (Å²) < 4.78 is 0. The predicted octanol–water partition coefficient (Wildman–Crippen LogP) is -0.898. The fourth-order valence-electron chi connectivity index (χ4n) is 2.47. The first-order valence-electron chi connectivity index (χ1n) is 5.48. The molecule has 1 aliphatic carbocycles. The Balaban J connectivity index is 3.88. The summed E-state index contributed by atoms with van der Waals surface area (Å²) >= 11 is 0. The zero-order valence-corrected chi connectivity index (χ0v) is 10.3. The van der Waals surface area contributed by atoms with Crippen LogP contribution in [0.2, 0.25) is 0 Å². The molecule has 0 aromatic rings. The second-order valence-electron chi connectivity index (χ2n) is 4.31. The zero-order valence-electron chi connectivity index (χ0n) is 10.3. The van der Waals surface area contributed by atoms with Crippen molar-refractivity contribution in [3.05, 3.63) is 11.1 Å². The van der Waals surface area contributed by atoms with Crippen molar-refractivity contribution in [1.82, 2.24) is 0 Å². The molecular formula is C11H10O10. The highest BCUT2D eigenvalue weighted by molar-refractivity contribution is 6.16. The van der Waals surface area contributed by atoms with Crippen molar-refractivity contribution >= 4 is 29.8 Å². The molecule has 10 heteroatoms. The molecule has 1 unspecified atom stereocenters. The fraction of sp³-hybridized carbons (Fsp3) is 0.364. The minimum absolute atomic E-state index is 0.559. The molecule has 0 heterocycles. The molecule has 5 N–H and O–H groups in total. The minimum atomic E-state index is -3.36. The van der Waals surface area contributed by atoms with Gasteiger partial charge in [-0.05, 0) is 12.8 Å². The molecule has 0 aliphatic heterocycles. The number of hydrogen-bond donors (Lipinski definition) is 5. The quantitative estimate of drug-likeness (QED) is 0.398. The second kappa shape index (κ2) is 5.23. The molecule has 0 spiro atoms. The van der Waals surface area contributed by atoms with E-state index in [1.54, 1.807) is 0 Å². The lowest BCUT2D eigenvalue weighted by Crippen LogP contribution is -2.54. The van der Waals surface area contributed by atoms with Gasteiger partial charge in [-0.2, -0.15) is 0 Å². The first-order valence-corrected chi connectivity index (χ1v) is 5.48. The maximum absolute atomic E-state index is 11.4. The largest absolute Gasteiger partial charge is 0.481 e. The standard InChI is InChI=1S/C11H10O10/c12-6(13)3-1-2-4(7(14)15)11(9(18)19,10(20)21)5(3)8(16)17/h4H,1-2H2,(H,12,13)(H,14,15)(H,16,17)(H,18,19)(H,20,21). The third kappa shape index (κ3) is 2.20. The number of carbonyl (C=O) groups is 5. The lowest BCUT2D eigenvalue weighted by Gasteiger charge is -2.35. The van der Waals surface area contributed by atoms with E-state index in [1.807, 2.05) is 0 Å². The van der Waals surface area contributed by atoms with E-state index in [9.17, 15) is 24.0 Å². The molecule has 0 aromatic heterocycles. The Morgan fingerprint density at radius 1 is 0.857 bits per heavy atom. The molecule has 0 saturated carbocycles. The van der Waals surface area contributed by atoms with Crippen molar-refractivity contribution in [1.29, 1.82) is 0 Å². The molecule has 0 fully saturated rings. The fourth-order valence-corrected chi connectivity index (χ4v) is 2.47. The van der Waals surface area contributed by atoms with Gasteiger partial charge in [-0.25, -0.2) is 9.59 Å². The Hall–Kier alpha value is -2.91. The Morgan fingerprint density at radius 3 is 1.62 bits per heavy atom. The average molecular weight is 302 g/mol. The van der Waals surface area contributed by atoms with Gasteiger partial charge in [0, 0.05) is 5.57 Å². The van der Waals surface area contributed by atoms with E-state index in [2.05, 4.69) is 0 Å². The Morgan fingerprint density at radius 2 is 1.33 bits per heavy atom. The second-order valence-corrected chi connectivity index (χ2v) is 4.31. The van der Waals surface area contributed by atoms with Crippen LogP contribution in [0.1, 0.15) is 12.8 Å². The number of aliphatic carboxylic acids is 5. The highest BCUT2D eigenvalue weighted by Gasteiger charge is 2.64. The summed E-state index contributed by atoms with van der Waals surface area (Å²) in [7, 11) is 0. The molecule has 1 atom stereocenters. The van der Waals surface area contributed by atoms with Crippen LogP contribution in [0.4, 0.5) is 0 Å². The van der Waals surface area contributed by atoms with Crippen molar-refractivity contribution in [2.24, 2.45) is 11.3 Å². The molecule has 0 aromatic carbocycles. The average Bonchev–Trinajstić information content (AvgIpc) is 2.35. The minimum Gasteiger partial charge on any atom is -0.481 e. The highest BCUT2D eigenvalue weighted by Crippen LogP contribution is 2.46. The van der Waals surface area contributed by atoms with Crippen LogP contribution in [-0.2, 0) is 24.0 Å². The van der Waals surface area contributed by atoms with E-state index in [4.69, 9.17) is 25.5 Å². The molecule has 0 radical (unpaired) electrons. The number of hydrogen-bond acceptors (Lipinski definition) is 5. The molecule has 0 amide bonds. The predicted molar refractivity (Wildman–Crippen MR) is 60.4 cm³/mol. The Bertz CT molecular complexity index is 570. The number of carboxylic acid groups (broad SMARTS) is 5. The summed E-state index contributed by atoms with van der Waals surface area (Å²) in [6.07, 6.45) is -1.18. The van der Waals surface area contributed by atoms with Gasteiger partial charge >= 0.3 is 29.8 Å². The summed E-state index contributed by atoms with van der Waals surface area (Å²) in [4.78, 5) is 56.1. The topological polar surface area (TPSA) is 186 Å². The first-order chi connectivity index (χ1) is 9.58. The number of carboxylic acids is 5. The van der Waals surface area contributed by atoms with Crippen LogP contribution in [-0.4, -0.2) is 55.4 Å². The highest BCUT2D eigenvalue weighted by atomic mass is 16.4. The van der Waals surface area contributed by atoms with Gasteiger partial charge in [0.05, 0.1) is 11.5 Å². The van der Waals surface area contributed by atoms with Gasteiger partial charge in [0.25, 0.3) is 0 Å². The van der Waals surface area contributed by atoms with Gasteiger partial charge in [0.15, 0.2) is 0 Å². The Kier molecular flexibility index (Phi) is 4.02. The van der Waals surface area contributed by atoms with Gasteiger partial charge in [0.2, 0.25) is 5.41 Å². The lowest BCUT2D eigenvalue weighted by atomic mass is 9.62. The van der Waals surface area contributed by atoms with Gasteiger partial charge in [0.1, 0.15) is 0 Å². The van der Waals surface area contributed by atoms with Crippen molar-refractivity contribution in [2.45, 2.75) is 12.8 Å². The van der Waals surface area contributed by atoms with Gasteiger partial charge < -0.3 is 25.5 Å². The summed E-state index contributed by atoms with van der Waals surface area (Å²) in [6.45, 7) is 0. The van der Waals surface area contributed by atoms with E-state index in [0.29, 0.717) is 0 Å². The van der Waals surface area contributed by atoms with Gasteiger partial charge in [-0.15, -0.1) is 0 Å². The van der Waals surface area contributed by atoms with Crippen LogP contribution in [0.25, 0.3) is 0 Å². The van der Waals surface area contributed by atoms with Crippen LogP contribution in [0, 0.1) is 11.3 Å². The maximum atomic E-state index is 11.4. The third-order valence-corrected chi connectivity index (χ3v) is 3.35. The Labute approximate surface area is 115 Å². The van der Waals surface area contributed by atoms with E-state index < -0.39 is 65.2 Å². The smallest absolute Gasteiger partial charge is 0.333 e. The normalized spacial score (nSPS) is 20.7. The van der Waals surface area contributed by atoms with Gasteiger partial charge in [-0.3, -0.25) is 14.4 Å². The SMILES string of the molecule is O=C(O)C1=C(C(=O)O)C(C(=O)O)(C(=O)O)C(C(=O)O)CC1. The molecule has 0 saturated heterocycles. The molecule has 10 nitrogen and oxygen atoms in total. The van der Waals surface area contributed by atoms with Crippen LogP contribution >= 0.6 is 0 Å². The lowest BCUT2D eigenvalue weighted by molar-refractivity contribution is -0.175. The molecule has 0 bridgehead atoms. The van der Waals surface area contributed by atoms with E-state index >= 15 is 0 Å². The van der Waals surface area contributed by atoms with Crippen molar-refractivity contribution in [2.75, 3.05) is 0 Å². The summed E-state index contributed by atoms with van der Waals surface area (Å²) in [6, 6.07) is 0. The van der Waals surface area contributed by atoms with Crippen molar-refractivity contribution in [3.8, 4) is 0 Å². The first kappa shape index (κ1) is 16.1. The van der Waals surface area contributed by atoms with E-state index in [1.165, 1.54) is 0 Å². The molecule has 1 aliphatic rings. The monoisotopic (exact) mass is 302 g/mol. The van der Waals surface area contributed by atoms with Crippen LogP contribution in [0.3, 0.4) is 0 Å². The van der Waals surface area contributed by atoms with E-state index in [0.717, 1.165) is 0 Å². The molecule has 21 heavy (non-hydrogen) atoms. The molecule has 114 valence electrons.